The Morgan fingerprint density at radius 2 is 2.17 bits per heavy atom. The zero-order chi connectivity index (χ0) is 21.4. The van der Waals surface area contributed by atoms with Crippen LogP contribution in [0, 0.1) is 0 Å². The van der Waals surface area contributed by atoms with Crippen molar-refractivity contribution in [1.29, 1.82) is 0 Å². The van der Waals surface area contributed by atoms with Gasteiger partial charge in [-0.25, -0.2) is 9.98 Å². The summed E-state index contributed by atoms with van der Waals surface area (Å²) in [7, 11) is -1.17. The number of allylic oxidation sites excluding steroid dienone is 4. The van der Waals surface area contributed by atoms with E-state index in [-0.39, 0.29) is 6.61 Å². The number of unbranched alkanes of at least 4 members (excludes halogenated alkanes) is 1. The summed E-state index contributed by atoms with van der Waals surface area (Å²) in [6, 6.07) is 0. The number of rotatable bonds is 10. The zero-order valence-electron chi connectivity index (χ0n) is 17.0. The number of hydrogen-bond donors (Lipinski definition) is 2. The smallest absolute Gasteiger partial charge is 0.134 e. The fourth-order valence-corrected chi connectivity index (χ4v) is 5.63. The molecular formula is C21H27N3O2S3. The maximum atomic E-state index is 12.8. The molecule has 0 aromatic carbocycles. The normalized spacial score (nSPS) is 13.9. The van der Waals surface area contributed by atoms with Gasteiger partial charge in [-0.2, -0.15) is 0 Å². The summed E-state index contributed by atoms with van der Waals surface area (Å²) in [5.41, 5.74) is 10.1. The Kier molecular flexibility index (Phi) is 9.16. The van der Waals surface area contributed by atoms with E-state index in [1.54, 1.807) is 12.4 Å². The first-order valence-electron chi connectivity index (χ1n) is 9.27. The van der Waals surface area contributed by atoms with E-state index in [9.17, 15) is 9.32 Å². The number of anilines is 1. The minimum Gasteiger partial charge on any atom is -0.396 e. The zero-order valence-corrected chi connectivity index (χ0v) is 19.4. The van der Waals surface area contributed by atoms with Crippen LogP contribution >= 0.6 is 22.7 Å². The molecule has 0 aliphatic heterocycles. The number of nitrogen functional groups attached to an aromatic ring is 1. The highest BCUT2D eigenvalue weighted by molar-refractivity contribution is 7.87. The van der Waals surface area contributed by atoms with Crippen LogP contribution in [0.4, 0.5) is 10.7 Å². The fourth-order valence-electron chi connectivity index (χ4n) is 2.36. The summed E-state index contributed by atoms with van der Waals surface area (Å²) in [5.74, 6) is 0.579. The third-order valence-corrected chi connectivity index (χ3v) is 7.89. The van der Waals surface area contributed by atoms with Crippen LogP contribution in [0.5, 0.6) is 0 Å². The lowest BCUT2D eigenvalue weighted by molar-refractivity contribution is 0.331. The average Bonchev–Trinajstić information content (AvgIpc) is 3.35. The summed E-state index contributed by atoms with van der Waals surface area (Å²) in [6.07, 6.45) is 9.02. The molecule has 5 nitrogen and oxygen atoms in total. The molecule has 1 atom stereocenters. The van der Waals surface area contributed by atoms with Gasteiger partial charge in [0.1, 0.15) is 14.2 Å². The van der Waals surface area contributed by atoms with Crippen LogP contribution in [0.1, 0.15) is 44.2 Å². The molecule has 3 N–H and O–H groups in total. The van der Waals surface area contributed by atoms with Gasteiger partial charge in [0.2, 0.25) is 0 Å². The third-order valence-electron chi connectivity index (χ3n) is 4.17. The largest absolute Gasteiger partial charge is 0.396 e. The fraction of sp³-hybridized carbons (Fsp3) is 0.333. The van der Waals surface area contributed by atoms with E-state index < -0.39 is 10.8 Å². The molecule has 8 heteroatoms. The second kappa shape index (κ2) is 11.3. The molecule has 2 aromatic heterocycles. The summed E-state index contributed by atoms with van der Waals surface area (Å²) >= 11 is 2.84. The highest BCUT2D eigenvalue weighted by Gasteiger charge is 2.22. The molecule has 0 aliphatic rings. The quantitative estimate of drug-likeness (QED) is 0.378. The molecule has 0 saturated heterocycles. The number of hydrogen-bond acceptors (Lipinski definition) is 7. The molecule has 156 valence electrons. The van der Waals surface area contributed by atoms with Crippen LogP contribution in [0.3, 0.4) is 0 Å². The molecule has 29 heavy (non-hydrogen) atoms. The first kappa shape index (κ1) is 23.4. The SMILES string of the molecule is C=C(/C(C)=C/C=C(\C)CO)c1c(N=Cc2nccs2)sc(S(=O)CCCC)c1N. The van der Waals surface area contributed by atoms with Gasteiger partial charge in [0.15, 0.2) is 0 Å². The molecule has 0 spiro atoms. The van der Waals surface area contributed by atoms with Crippen molar-refractivity contribution in [3.63, 3.8) is 0 Å². The van der Waals surface area contributed by atoms with E-state index in [4.69, 9.17) is 5.73 Å². The van der Waals surface area contributed by atoms with E-state index in [1.165, 1.54) is 22.7 Å². The maximum absolute atomic E-state index is 12.8. The van der Waals surface area contributed by atoms with E-state index in [1.807, 2.05) is 31.4 Å². The molecule has 0 bridgehead atoms. The van der Waals surface area contributed by atoms with Crippen LogP contribution in [0.25, 0.3) is 5.57 Å². The molecule has 0 fully saturated rings. The van der Waals surface area contributed by atoms with Crippen molar-refractivity contribution in [3.05, 3.63) is 52.0 Å². The molecule has 2 rings (SSSR count). The predicted octanol–water partition coefficient (Wildman–Crippen LogP) is 5.34. The summed E-state index contributed by atoms with van der Waals surface area (Å²) < 4.78 is 13.4. The number of thiophene rings is 1. The van der Waals surface area contributed by atoms with Crippen molar-refractivity contribution in [3.8, 4) is 0 Å². The minimum absolute atomic E-state index is 0.000756. The second-order valence-corrected chi connectivity index (χ2v) is 10.2. The highest BCUT2D eigenvalue weighted by atomic mass is 32.2. The van der Waals surface area contributed by atoms with Crippen LogP contribution < -0.4 is 5.73 Å². The maximum Gasteiger partial charge on any atom is 0.134 e. The van der Waals surface area contributed by atoms with Gasteiger partial charge in [-0.15, -0.1) is 22.7 Å². The number of aliphatic imine (C=N–C) groups is 1. The third kappa shape index (κ3) is 6.30. The highest BCUT2D eigenvalue weighted by Crippen LogP contribution is 2.45. The second-order valence-electron chi connectivity index (χ2n) is 6.51. The molecular weight excluding hydrogens is 422 g/mol. The Hall–Kier alpha value is -1.87. The number of aliphatic hydroxyl groups is 1. The molecule has 0 aliphatic carbocycles. The van der Waals surface area contributed by atoms with E-state index in [2.05, 4.69) is 23.5 Å². The van der Waals surface area contributed by atoms with Crippen LogP contribution in [0.15, 0.2) is 50.7 Å². The number of aromatic nitrogens is 1. The summed E-state index contributed by atoms with van der Waals surface area (Å²) in [6.45, 7) is 10.1. The van der Waals surface area contributed by atoms with E-state index in [0.29, 0.717) is 26.2 Å². The van der Waals surface area contributed by atoms with Gasteiger partial charge in [0.05, 0.1) is 29.3 Å². The molecule has 0 saturated carbocycles. The molecule has 1 unspecified atom stereocenters. The van der Waals surface area contributed by atoms with Crippen molar-refractivity contribution in [1.82, 2.24) is 4.98 Å². The van der Waals surface area contributed by atoms with Crippen molar-refractivity contribution < 1.29 is 9.32 Å². The van der Waals surface area contributed by atoms with E-state index >= 15 is 0 Å². The predicted molar refractivity (Wildman–Crippen MR) is 128 cm³/mol. The monoisotopic (exact) mass is 449 g/mol. The van der Waals surface area contributed by atoms with Gasteiger partial charge in [-0.3, -0.25) is 4.21 Å². The number of nitrogens with two attached hydrogens (primary N) is 1. The molecule has 2 heterocycles. The first-order valence-corrected chi connectivity index (χ1v) is 12.3. The number of nitrogens with zero attached hydrogens (tertiary/aromatic N) is 2. The molecule has 0 amide bonds. The van der Waals surface area contributed by atoms with Gasteiger partial charge >= 0.3 is 0 Å². The van der Waals surface area contributed by atoms with Crippen molar-refractivity contribution in [2.24, 2.45) is 4.99 Å². The van der Waals surface area contributed by atoms with Crippen molar-refractivity contribution in [2.45, 2.75) is 37.8 Å². The van der Waals surface area contributed by atoms with Gasteiger partial charge < -0.3 is 10.8 Å². The molecule has 2 aromatic rings. The molecule has 0 radical (unpaired) electrons. The Morgan fingerprint density at radius 3 is 2.79 bits per heavy atom. The van der Waals surface area contributed by atoms with Crippen molar-refractivity contribution >= 4 is 55.9 Å². The first-order chi connectivity index (χ1) is 13.9. The van der Waals surface area contributed by atoms with Crippen LogP contribution in [0.2, 0.25) is 0 Å². The van der Waals surface area contributed by atoms with Crippen LogP contribution in [-0.2, 0) is 10.8 Å². The summed E-state index contributed by atoms with van der Waals surface area (Å²) in [4.78, 5) is 8.81. The van der Waals surface area contributed by atoms with Crippen LogP contribution in [-0.4, -0.2) is 32.9 Å². The number of aliphatic hydroxyl groups excluding tert-OH is 1. The standard InChI is InChI=1S/C21H27N3O2S3/c1-5-6-11-29(26)21-19(22)18(16(4)15(3)8-7-14(2)13-25)20(28-21)24-12-17-23-9-10-27-17/h7-10,12,25H,4-6,11,13,22H2,1-3H3/b14-7+,15-8+,24-12?. The lowest BCUT2D eigenvalue weighted by Gasteiger charge is -2.08. The lowest BCUT2D eigenvalue weighted by Crippen LogP contribution is -2.00. The Morgan fingerprint density at radius 1 is 1.41 bits per heavy atom. The van der Waals surface area contributed by atoms with Gasteiger partial charge in [0, 0.05) is 22.9 Å². The Labute approximate surface area is 182 Å². The lowest BCUT2D eigenvalue weighted by atomic mass is 10.0. The average molecular weight is 450 g/mol. The van der Waals surface area contributed by atoms with Gasteiger partial charge in [0.25, 0.3) is 0 Å². The van der Waals surface area contributed by atoms with Crippen molar-refractivity contribution in [2.75, 3.05) is 18.1 Å². The Bertz CT molecular complexity index is 954. The van der Waals surface area contributed by atoms with Gasteiger partial charge in [-0.1, -0.05) is 32.1 Å². The topological polar surface area (TPSA) is 88.6 Å². The van der Waals surface area contributed by atoms with E-state index in [0.717, 1.165) is 34.6 Å². The minimum atomic E-state index is -1.17. The summed E-state index contributed by atoms with van der Waals surface area (Å²) in [5, 5.41) is 12.5. The Balaban J connectivity index is 2.48. The van der Waals surface area contributed by atoms with Gasteiger partial charge in [-0.05, 0) is 37.0 Å². The number of thiazole rings is 1.